The van der Waals surface area contributed by atoms with Gasteiger partial charge in [0.25, 0.3) is 0 Å². The van der Waals surface area contributed by atoms with Crippen LogP contribution >= 0.6 is 0 Å². The molecule has 0 atom stereocenters. The van der Waals surface area contributed by atoms with Crippen molar-refractivity contribution in [1.82, 2.24) is 0 Å². The molecule has 2 heteroatoms. The molecule has 0 radical (unpaired) electrons. The van der Waals surface area contributed by atoms with Crippen LogP contribution in [0.2, 0.25) is 0 Å². The van der Waals surface area contributed by atoms with E-state index in [1.54, 1.807) is 7.11 Å². The normalized spacial score (nSPS) is 10.7. The molecule has 4 rings (SSSR count). The summed E-state index contributed by atoms with van der Waals surface area (Å²) < 4.78 is 11.6. The number of rotatable bonds is 4. The van der Waals surface area contributed by atoms with Crippen LogP contribution in [-0.2, 0) is 0 Å². The summed E-state index contributed by atoms with van der Waals surface area (Å²) in [4.78, 5) is 0. The lowest BCUT2D eigenvalue weighted by Crippen LogP contribution is -1.83. The van der Waals surface area contributed by atoms with Gasteiger partial charge in [-0.15, -0.1) is 0 Å². The molecule has 0 N–H and O–H groups in total. The van der Waals surface area contributed by atoms with E-state index in [-0.39, 0.29) is 0 Å². The van der Waals surface area contributed by atoms with Gasteiger partial charge in [0.15, 0.2) is 0 Å². The van der Waals surface area contributed by atoms with Gasteiger partial charge in [-0.1, -0.05) is 72.3 Å². The van der Waals surface area contributed by atoms with Gasteiger partial charge in [-0.3, -0.25) is 0 Å². The minimum atomic E-state index is 0.845. The van der Waals surface area contributed by atoms with Crippen LogP contribution in [0.5, 0.6) is 5.75 Å². The predicted octanol–water partition coefficient (Wildman–Crippen LogP) is 6.60. The van der Waals surface area contributed by atoms with E-state index >= 15 is 0 Å². The SMILES string of the molecule is COc1ccc(-c2cc(-c3ccccc3)oc2-c2ccc(C)cc2)cc1. The van der Waals surface area contributed by atoms with Crippen LogP contribution in [0.4, 0.5) is 0 Å². The third-order valence-electron chi connectivity index (χ3n) is 4.51. The van der Waals surface area contributed by atoms with Crippen molar-refractivity contribution in [2.24, 2.45) is 0 Å². The maximum Gasteiger partial charge on any atom is 0.142 e. The Hall–Kier alpha value is -3.26. The molecule has 3 aromatic carbocycles. The zero-order chi connectivity index (χ0) is 17.9. The highest BCUT2D eigenvalue weighted by Gasteiger charge is 2.16. The second-order valence-corrected chi connectivity index (χ2v) is 6.31. The number of hydrogen-bond donors (Lipinski definition) is 0. The third kappa shape index (κ3) is 3.14. The van der Waals surface area contributed by atoms with Gasteiger partial charge in [0.2, 0.25) is 0 Å². The van der Waals surface area contributed by atoms with Crippen molar-refractivity contribution in [2.45, 2.75) is 6.92 Å². The van der Waals surface area contributed by atoms with Crippen LogP contribution in [0.1, 0.15) is 5.56 Å². The fourth-order valence-corrected chi connectivity index (χ4v) is 3.04. The molecule has 0 aliphatic heterocycles. The first kappa shape index (κ1) is 16.2. The molecule has 128 valence electrons. The van der Waals surface area contributed by atoms with Crippen LogP contribution < -0.4 is 4.74 Å². The van der Waals surface area contributed by atoms with Crippen molar-refractivity contribution in [2.75, 3.05) is 7.11 Å². The predicted molar refractivity (Wildman–Crippen MR) is 106 cm³/mol. The Balaban J connectivity index is 1.87. The van der Waals surface area contributed by atoms with E-state index < -0.39 is 0 Å². The first-order chi connectivity index (χ1) is 12.7. The van der Waals surface area contributed by atoms with E-state index in [2.05, 4.69) is 61.5 Å². The standard InChI is InChI=1S/C24H20O2/c1-17-8-10-20(11-9-17)24-22(18-12-14-21(25-2)15-13-18)16-23(26-24)19-6-4-3-5-7-19/h3-16H,1-2H3. The second-order valence-electron chi connectivity index (χ2n) is 6.31. The number of hydrogen-bond acceptors (Lipinski definition) is 2. The molecule has 0 amide bonds. The Morgan fingerprint density at radius 1 is 0.692 bits per heavy atom. The highest BCUT2D eigenvalue weighted by Crippen LogP contribution is 2.39. The molecule has 0 spiro atoms. The van der Waals surface area contributed by atoms with Crippen molar-refractivity contribution in [3.8, 4) is 39.5 Å². The van der Waals surface area contributed by atoms with E-state index in [9.17, 15) is 0 Å². The molecular formula is C24H20O2. The topological polar surface area (TPSA) is 22.4 Å². The molecule has 2 nitrogen and oxygen atoms in total. The van der Waals surface area contributed by atoms with E-state index in [4.69, 9.17) is 9.15 Å². The van der Waals surface area contributed by atoms with E-state index in [1.807, 2.05) is 30.3 Å². The molecule has 0 bridgehead atoms. The molecule has 0 saturated heterocycles. The van der Waals surface area contributed by atoms with Crippen molar-refractivity contribution in [3.63, 3.8) is 0 Å². The van der Waals surface area contributed by atoms with Gasteiger partial charge in [0.05, 0.1) is 7.11 Å². The maximum atomic E-state index is 6.31. The Labute approximate surface area is 153 Å². The van der Waals surface area contributed by atoms with Crippen LogP contribution in [0.25, 0.3) is 33.8 Å². The second kappa shape index (κ2) is 6.93. The van der Waals surface area contributed by atoms with Crippen LogP contribution in [0.15, 0.2) is 89.3 Å². The first-order valence-corrected chi connectivity index (χ1v) is 8.65. The summed E-state index contributed by atoms with van der Waals surface area (Å²) in [7, 11) is 1.68. The van der Waals surface area contributed by atoms with E-state index in [0.717, 1.165) is 39.5 Å². The average molecular weight is 340 g/mol. The monoisotopic (exact) mass is 340 g/mol. The molecule has 26 heavy (non-hydrogen) atoms. The zero-order valence-electron chi connectivity index (χ0n) is 14.9. The van der Waals surface area contributed by atoms with Crippen molar-refractivity contribution < 1.29 is 9.15 Å². The minimum absolute atomic E-state index is 0.845. The fraction of sp³-hybridized carbons (Fsp3) is 0.0833. The van der Waals surface area contributed by atoms with Gasteiger partial charge < -0.3 is 9.15 Å². The molecule has 1 heterocycles. The quantitative estimate of drug-likeness (QED) is 0.418. The van der Waals surface area contributed by atoms with Crippen molar-refractivity contribution in [1.29, 1.82) is 0 Å². The van der Waals surface area contributed by atoms with E-state index in [0.29, 0.717) is 0 Å². The van der Waals surface area contributed by atoms with Crippen LogP contribution in [0.3, 0.4) is 0 Å². The summed E-state index contributed by atoms with van der Waals surface area (Å²) in [5, 5.41) is 0. The maximum absolute atomic E-state index is 6.31. The number of aryl methyl sites for hydroxylation is 1. The van der Waals surface area contributed by atoms with Gasteiger partial charge in [-0.2, -0.15) is 0 Å². The summed E-state index contributed by atoms with van der Waals surface area (Å²) in [6.07, 6.45) is 0. The molecule has 0 fully saturated rings. The lowest BCUT2D eigenvalue weighted by Gasteiger charge is -2.05. The lowest BCUT2D eigenvalue weighted by molar-refractivity contribution is 0.415. The summed E-state index contributed by atoms with van der Waals surface area (Å²) >= 11 is 0. The largest absolute Gasteiger partial charge is 0.497 e. The summed E-state index contributed by atoms with van der Waals surface area (Å²) in [5.41, 5.74) is 5.56. The van der Waals surface area contributed by atoms with Gasteiger partial charge in [0, 0.05) is 16.7 Å². The molecule has 0 saturated carbocycles. The Morgan fingerprint density at radius 3 is 2.00 bits per heavy atom. The highest BCUT2D eigenvalue weighted by atomic mass is 16.5. The molecule has 0 aliphatic rings. The number of furan rings is 1. The molecular weight excluding hydrogens is 320 g/mol. The Bertz CT molecular complexity index is 995. The molecule has 1 aromatic heterocycles. The van der Waals surface area contributed by atoms with Crippen LogP contribution in [-0.4, -0.2) is 7.11 Å². The van der Waals surface area contributed by atoms with E-state index in [1.165, 1.54) is 5.56 Å². The summed E-state index contributed by atoms with van der Waals surface area (Å²) in [6, 6.07) is 28.8. The zero-order valence-corrected chi connectivity index (χ0v) is 14.9. The van der Waals surface area contributed by atoms with Crippen LogP contribution in [0, 0.1) is 6.92 Å². The van der Waals surface area contributed by atoms with Crippen molar-refractivity contribution >= 4 is 0 Å². The number of ether oxygens (including phenoxy) is 1. The Kier molecular flexibility index (Phi) is 4.32. The first-order valence-electron chi connectivity index (χ1n) is 8.65. The lowest BCUT2D eigenvalue weighted by atomic mass is 10.0. The molecule has 4 aromatic rings. The summed E-state index contributed by atoms with van der Waals surface area (Å²) in [6.45, 7) is 2.09. The van der Waals surface area contributed by atoms with Gasteiger partial charge >= 0.3 is 0 Å². The summed E-state index contributed by atoms with van der Waals surface area (Å²) in [5.74, 6) is 2.60. The number of methoxy groups -OCH3 is 1. The Morgan fingerprint density at radius 2 is 1.35 bits per heavy atom. The molecule has 0 unspecified atom stereocenters. The van der Waals surface area contributed by atoms with Gasteiger partial charge in [-0.05, 0) is 30.7 Å². The molecule has 0 aliphatic carbocycles. The average Bonchev–Trinajstić information content (AvgIpc) is 3.15. The fourth-order valence-electron chi connectivity index (χ4n) is 3.04. The minimum Gasteiger partial charge on any atom is -0.497 e. The van der Waals surface area contributed by atoms with Gasteiger partial charge in [-0.25, -0.2) is 0 Å². The third-order valence-corrected chi connectivity index (χ3v) is 4.51. The van der Waals surface area contributed by atoms with Gasteiger partial charge in [0.1, 0.15) is 17.3 Å². The van der Waals surface area contributed by atoms with Crippen molar-refractivity contribution in [3.05, 3.63) is 90.5 Å². The smallest absolute Gasteiger partial charge is 0.142 e. The highest BCUT2D eigenvalue weighted by molar-refractivity contribution is 5.83. The number of benzene rings is 3.